The topological polar surface area (TPSA) is 26.3 Å². The van der Waals surface area contributed by atoms with Crippen LogP contribution in [0.15, 0.2) is 30.3 Å². The Morgan fingerprint density at radius 2 is 1.94 bits per heavy atom. The molecule has 0 amide bonds. The first-order valence-corrected chi connectivity index (χ1v) is 6.91. The van der Waals surface area contributed by atoms with Crippen LogP contribution in [0, 0.1) is 5.92 Å². The standard InChI is InChI=1S/C13H13IO2/c14-10-7-6-9-11(12(10)16-13(9)15)8-4-2-1-3-5-8/h1-5,9-12H,6-7H2/t9?,10-,11-,12?/m0/s1. The van der Waals surface area contributed by atoms with Gasteiger partial charge in [-0.1, -0.05) is 52.9 Å². The molecule has 2 aliphatic rings. The molecule has 0 aromatic heterocycles. The van der Waals surface area contributed by atoms with Crippen molar-refractivity contribution in [3.8, 4) is 0 Å². The SMILES string of the molecule is O=C1OC2[C@@H](c3ccccc3)C1CC[C@@H]2I. The van der Waals surface area contributed by atoms with E-state index in [1.54, 1.807) is 0 Å². The molecule has 1 aromatic carbocycles. The zero-order valence-electron chi connectivity index (χ0n) is 8.80. The lowest BCUT2D eigenvalue weighted by Gasteiger charge is -2.29. The van der Waals surface area contributed by atoms with Crippen molar-refractivity contribution in [1.82, 2.24) is 0 Å². The predicted octanol–water partition coefficient (Wildman–Crippen LogP) is 2.91. The van der Waals surface area contributed by atoms with Crippen molar-refractivity contribution in [2.24, 2.45) is 5.92 Å². The molecule has 84 valence electrons. The van der Waals surface area contributed by atoms with Crippen LogP contribution in [0.1, 0.15) is 24.3 Å². The molecule has 3 heteroatoms. The molecule has 1 saturated carbocycles. The Bertz CT molecular complexity index is 404. The first kappa shape index (κ1) is 10.6. The highest BCUT2D eigenvalue weighted by molar-refractivity contribution is 14.1. The Hall–Kier alpha value is -0.580. The van der Waals surface area contributed by atoms with Crippen LogP contribution in [0.5, 0.6) is 0 Å². The lowest BCUT2D eigenvalue weighted by atomic mass is 9.76. The highest BCUT2D eigenvalue weighted by Gasteiger charge is 2.51. The summed E-state index contributed by atoms with van der Waals surface area (Å²) in [4.78, 5) is 11.8. The minimum absolute atomic E-state index is 0.0121. The molecule has 0 N–H and O–H groups in total. The zero-order chi connectivity index (χ0) is 11.1. The van der Waals surface area contributed by atoms with Gasteiger partial charge in [0.05, 0.1) is 5.92 Å². The van der Waals surface area contributed by atoms with Crippen LogP contribution in [0.25, 0.3) is 0 Å². The van der Waals surface area contributed by atoms with Crippen LogP contribution < -0.4 is 0 Å². The first-order valence-electron chi connectivity index (χ1n) is 5.67. The van der Waals surface area contributed by atoms with E-state index < -0.39 is 0 Å². The van der Waals surface area contributed by atoms with E-state index in [1.165, 1.54) is 5.56 Å². The maximum atomic E-state index is 11.8. The van der Waals surface area contributed by atoms with Crippen molar-refractivity contribution in [3.63, 3.8) is 0 Å². The largest absolute Gasteiger partial charge is 0.460 e. The average molecular weight is 328 g/mol. The summed E-state index contributed by atoms with van der Waals surface area (Å²) >= 11 is 2.42. The summed E-state index contributed by atoms with van der Waals surface area (Å²) in [5.41, 5.74) is 1.25. The fourth-order valence-electron chi connectivity index (χ4n) is 2.87. The molecular weight excluding hydrogens is 315 g/mol. The number of hydrogen-bond donors (Lipinski definition) is 0. The number of ether oxygens (including phenoxy) is 1. The van der Waals surface area contributed by atoms with Gasteiger partial charge >= 0.3 is 5.97 Å². The average Bonchev–Trinajstić information content (AvgIpc) is 2.57. The summed E-state index contributed by atoms with van der Waals surface area (Å²) in [7, 11) is 0. The van der Waals surface area contributed by atoms with Crippen LogP contribution in [-0.2, 0) is 9.53 Å². The Balaban J connectivity index is 1.99. The van der Waals surface area contributed by atoms with Gasteiger partial charge in [0.2, 0.25) is 0 Å². The number of benzene rings is 1. The van der Waals surface area contributed by atoms with E-state index in [2.05, 4.69) is 34.7 Å². The van der Waals surface area contributed by atoms with E-state index in [4.69, 9.17) is 4.74 Å². The second-order valence-electron chi connectivity index (χ2n) is 4.54. The van der Waals surface area contributed by atoms with E-state index in [0.29, 0.717) is 3.92 Å². The van der Waals surface area contributed by atoms with E-state index in [0.717, 1.165) is 12.8 Å². The molecule has 4 atom stereocenters. The van der Waals surface area contributed by atoms with Crippen LogP contribution in [0.4, 0.5) is 0 Å². The summed E-state index contributed by atoms with van der Waals surface area (Å²) in [5, 5.41) is 0. The molecule has 2 bridgehead atoms. The maximum absolute atomic E-state index is 11.8. The zero-order valence-corrected chi connectivity index (χ0v) is 11.0. The number of halogens is 1. The van der Waals surface area contributed by atoms with Gasteiger partial charge < -0.3 is 4.74 Å². The normalized spacial score (nSPS) is 37.2. The number of hydrogen-bond acceptors (Lipinski definition) is 2. The summed E-state index contributed by atoms with van der Waals surface area (Å²) in [6.45, 7) is 0. The third-order valence-electron chi connectivity index (χ3n) is 3.64. The third kappa shape index (κ3) is 1.56. The summed E-state index contributed by atoms with van der Waals surface area (Å²) in [6.07, 6.45) is 2.17. The van der Waals surface area contributed by atoms with Crippen molar-refractivity contribution in [3.05, 3.63) is 35.9 Å². The van der Waals surface area contributed by atoms with Crippen molar-refractivity contribution >= 4 is 28.6 Å². The quantitative estimate of drug-likeness (QED) is 0.450. The van der Waals surface area contributed by atoms with Gasteiger partial charge in [-0.25, -0.2) is 0 Å². The summed E-state index contributed by atoms with van der Waals surface area (Å²) < 4.78 is 5.98. The van der Waals surface area contributed by atoms with E-state index >= 15 is 0 Å². The highest BCUT2D eigenvalue weighted by atomic mass is 127. The van der Waals surface area contributed by atoms with Gasteiger partial charge in [0.15, 0.2) is 0 Å². The minimum atomic E-state index is 0.0121. The van der Waals surface area contributed by atoms with Gasteiger partial charge in [0, 0.05) is 9.84 Å². The smallest absolute Gasteiger partial charge is 0.310 e. The first-order chi connectivity index (χ1) is 7.77. The maximum Gasteiger partial charge on any atom is 0.310 e. The fourth-order valence-corrected chi connectivity index (χ4v) is 3.82. The molecule has 2 fully saturated rings. The molecule has 3 rings (SSSR count). The van der Waals surface area contributed by atoms with E-state index in [-0.39, 0.29) is 23.9 Å². The predicted molar refractivity (Wildman–Crippen MR) is 69.6 cm³/mol. The number of alkyl halides is 1. The third-order valence-corrected chi connectivity index (χ3v) is 4.97. The molecule has 1 aliphatic carbocycles. The second kappa shape index (κ2) is 4.02. The molecule has 1 aromatic rings. The van der Waals surface area contributed by atoms with E-state index in [1.807, 2.05) is 18.2 Å². The van der Waals surface area contributed by atoms with Gasteiger partial charge in [-0.3, -0.25) is 4.79 Å². The van der Waals surface area contributed by atoms with Gasteiger partial charge in [-0.2, -0.15) is 0 Å². The molecular formula is C13H13IO2. The minimum Gasteiger partial charge on any atom is -0.460 e. The Morgan fingerprint density at radius 1 is 1.19 bits per heavy atom. The number of fused-ring (bicyclic) bond motifs is 2. The lowest BCUT2D eigenvalue weighted by Crippen LogP contribution is -2.32. The van der Waals surface area contributed by atoms with Crippen molar-refractivity contribution in [2.75, 3.05) is 0 Å². The van der Waals surface area contributed by atoms with Crippen molar-refractivity contribution in [1.29, 1.82) is 0 Å². The van der Waals surface area contributed by atoms with Crippen molar-refractivity contribution in [2.45, 2.75) is 28.8 Å². The second-order valence-corrected chi connectivity index (χ2v) is 6.14. The van der Waals surface area contributed by atoms with Crippen LogP contribution in [0.2, 0.25) is 0 Å². The highest BCUT2D eigenvalue weighted by Crippen LogP contribution is 2.47. The summed E-state index contributed by atoms with van der Waals surface area (Å²) in [5.74, 6) is 0.390. The summed E-state index contributed by atoms with van der Waals surface area (Å²) in [6, 6.07) is 10.3. The number of carbonyl (C=O) groups excluding carboxylic acids is 1. The molecule has 1 aliphatic heterocycles. The Kier molecular flexibility index (Phi) is 2.65. The van der Waals surface area contributed by atoms with E-state index in [9.17, 15) is 4.79 Å². The molecule has 1 saturated heterocycles. The number of carbonyl (C=O) groups is 1. The Morgan fingerprint density at radius 3 is 2.69 bits per heavy atom. The Labute approximate surface area is 109 Å². The molecule has 0 radical (unpaired) electrons. The molecule has 2 nitrogen and oxygen atoms in total. The van der Waals surface area contributed by atoms with Gasteiger partial charge in [0.1, 0.15) is 6.10 Å². The monoisotopic (exact) mass is 328 g/mol. The number of rotatable bonds is 1. The number of esters is 1. The molecule has 1 heterocycles. The van der Waals surface area contributed by atoms with Gasteiger partial charge in [0.25, 0.3) is 0 Å². The molecule has 16 heavy (non-hydrogen) atoms. The van der Waals surface area contributed by atoms with Crippen LogP contribution >= 0.6 is 22.6 Å². The fraction of sp³-hybridized carbons (Fsp3) is 0.462. The van der Waals surface area contributed by atoms with Crippen molar-refractivity contribution < 1.29 is 9.53 Å². The van der Waals surface area contributed by atoms with Gasteiger partial charge in [-0.15, -0.1) is 0 Å². The van der Waals surface area contributed by atoms with Gasteiger partial charge in [-0.05, 0) is 18.4 Å². The lowest BCUT2D eigenvalue weighted by molar-refractivity contribution is -0.143. The molecule has 0 spiro atoms. The molecule has 2 unspecified atom stereocenters. The van der Waals surface area contributed by atoms with Crippen LogP contribution in [0.3, 0.4) is 0 Å². The van der Waals surface area contributed by atoms with Crippen LogP contribution in [-0.4, -0.2) is 16.0 Å².